The molecule has 1 aliphatic carbocycles. The van der Waals surface area contributed by atoms with Crippen molar-refractivity contribution in [2.24, 2.45) is 5.92 Å². The minimum absolute atomic E-state index is 0.671. The fraction of sp³-hybridized carbons (Fsp3) is 0.778. The second kappa shape index (κ2) is 2.80. The van der Waals surface area contributed by atoms with E-state index in [0.717, 1.165) is 37.1 Å². The zero-order valence-corrected chi connectivity index (χ0v) is 7.58. The molecule has 4 heteroatoms. The quantitative estimate of drug-likeness (QED) is 0.706. The van der Waals surface area contributed by atoms with Crippen molar-refractivity contribution < 1.29 is 0 Å². The number of aromatic amines is 1. The van der Waals surface area contributed by atoms with Gasteiger partial charge < -0.3 is 5.32 Å². The second-order valence-electron chi connectivity index (χ2n) is 4.14. The first-order valence-electron chi connectivity index (χ1n) is 5.04. The molecule has 13 heavy (non-hydrogen) atoms. The third-order valence-electron chi connectivity index (χ3n) is 2.84. The highest BCUT2D eigenvalue weighted by Crippen LogP contribution is 2.37. The van der Waals surface area contributed by atoms with Gasteiger partial charge in [0.25, 0.3) is 0 Å². The van der Waals surface area contributed by atoms with Crippen LogP contribution in [0.15, 0.2) is 0 Å². The first-order chi connectivity index (χ1) is 6.42. The Bertz CT molecular complexity index is 298. The van der Waals surface area contributed by atoms with Gasteiger partial charge in [0, 0.05) is 12.3 Å². The lowest BCUT2D eigenvalue weighted by Gasteiger charge is -2.25. The molecule has 2 N–H and O–H groups in total. The van der Waals surface area contributed by atoms with E-state index in [1.54, 1.807) is 0 Å². The predicted octanol–water partition coefficient (Wildman–Crippen LogP) is 0.444. The van der Waals surface area contributed by atoms with E-state index >= 15 is 0 Å². The third kappa shape index (κ3) is 1.46. The van der Waals surface area contributed by atoms with E-state index in [-0.39, 0.29) is 0 Å². The molecule has 0 bridgehead atoms. The molecule has 3 rings (SSSR count). The first-order valence-corrected chi connectivity index (χ1v) is 5.04. The van der Waals surface area contributed by atoms with Gasteiger partial charge in [-0.25, -0.2) is 4.98 Å². The fourth-order valence-electron chi connectivity index (χ4n) is 1.69. The van der Waals surface area contributed by atoms with Gasteiger partial charge in [-0.05, 0) is 31.8 Å². The molecule has 1 aliphatic heterocycles. The molecule has 1 saturated carbocycles. The largest absolute Gasteiger partial charge is 0.316 e. The van der Waals surface area contributed by atoms with Crippen LogP contribution in [0.25, 0.3) is 0 Å². The molecule has 0 aromatic carbocycles. The molecule has 0 unspecified atom stereocenters. The molecular formula is C9H14N4. The molecule has 0 radical (unpaired) electrons. The van der Waals surface area contributed by atoms with Crippen LogP contribution in [0.4, 0.5) is 0 Å². The van der Waals surface area contributed by atoms with Crippen LogP contribution < -0.4 is 5.32 Å². The lowest BCUT2D eigenvalue weighted by Crippen LogP contribution is -2.43. The van der Waals surface area contributed by atoms with Crippen LogP contribution in [0.5, 0.6) is 0 Å². The SMILES string of the molecule is C1NCC1Cc1nc(C2CC2)n[nH]1. The maximum Gasteiger partial charge on any atom is 0.153 e. The Balaban J connectivity index is 1.66. The molecule has 1 aromatic rings. The maximum absolute atomic E-state index is 4.50. The van der Waals surface area contributed by atoms with Gasteiger partial charge in [0.1, 0.15) is 5.82 Å². The summed E-state index contributed by atoms with van der Waals surface area (Å²) in [5.41, 5.74) is 0. The van der Waals surface area contributed by atoms with Crippen LogP contribution in [-0.2, 0) is 6.42 Å². The minimum Gasteiger partial charge on any atom is -0.316 e. The number of rotatable bonds is 3. The highest BCUT2D eigenvalue weighted by Gasteiger charge is 2.28. The Morgan fingerprint density at radius 1 is 1.31 bits per heavy atom. The number of hydrogen-bond acceptors (Lipinski definition) is 3. The third-order valence-corrected chi connectivity index (χ3v) is 2.84. The predicted molar refractivity (Wildman–Crippen MR) is 48.4 cm³/mol. The molecular weight excluding hydrogens is 164 g/mol. The molecule has 0 amide bonds. The van der Waals surface area contributed by atoms with Crippen molar-refractivity contribution in [3.63, 3.8) is 0 Å². The van der Waals surface area contributed by atoms with Crippen molar-refractivity contribution in [3.8, 4) is 0 Å². The Labute approximate surface area is 77.1 Å². The van der Waals surface area contributed by atoms with E-state index in [9.17, 15) is 0 Å². The average Bonchev–Trinajstić information content (AvgIpc) is 2.80. The van der Waals surface area contributed by atoms with Crippen LogP contribution in [-0.4, -0.2) is 28.3 Å². The smallest absolute Gasteiger partial charge is 0.153 e. The van der Waals surface area contributed by atoms with Crippen molar-refractivity contribution in [3.05, 3.63) is 11.6 Å². The van der Waals surface area contributed by atoms with E-state index in [0.29, 0.717) is 5.92 Å². The lowest BCUT2D eigenvalue weighted by molar-refractivity contribution is 0.341. The Hall–Kier alpha value is -0.900. The Morgan fingerprint density at radius 2 is 2.15 bits per heavy atom. The molecule has 1 aromatic heterocycles. The summed E-state index contributed by atoms with van der Waals surface area (Å²) in [4.78, 5) is 4.50. The van der Waals surface area contributed by atoms with Crippen LogP contribution in [0, 0.1) is 5.92 Å². The molecule has 70 valence electrons. The van der Waals surface area contributed by atoms with Crippen molar-refractivity contribution in [2.75, 3.05) is 13.1 Å². The van der Waals surface area contributed by atoms with E-state index < -0.39 is 0 Å². The Kier molecular flexibility index (Phi) is 1.62. The van der Waals surface area contributed by atoms with Gasteiger partial charge in [-0.3, -0.25) is 5.10 Å². The number of nitrogens with zero attached hydrogens (tertiary/aromatic N) is 2. The normalized spacial score (nSPS) is 23.1. The summed E-state index contributed by atoms with van der Waals surface area (Å²) in [5, 5.41) is 10.5. The van der Waals surface area contributed by atoms with Crippen molar-refractivity contribution >= 4 is 0 Å². The number of aromatic nitrogens is 3. The highest BCUT2D eigenvalue weighted by molar-refractivity contribution is 5.05. The molecule has 2 aliphatic rings. The van der Waals surface area contributed by atoms with Crippen LogP contribution >= 0.6 is 0 Å². The number of H-pyrrole nitrogens is 1. The summed E-state index contributed by atoms with van der Waals surface area (Å²) in [6.07, 6.45) is 3.62. The van der Waals surface area contributed by atoms with Crippen molar-refractivity contribution in [1.82, 2.24) is 20.5 Å². The highest BCUT2D eigenvalue weighted by atomic mass is 15.2. The van der Waals surface area contributed by atoms with Gasteiger partial charge in [0.15, 0.2) is 5.82 Å². The van der Waals surface area contributed by atoms with Gasteiger partial charge >= 0.3 is 0 Å². The topological polar surface area (TPSA) is 53.6 Å². The summed E-state index contributed by atoms with van der Waals surface area (Å²) < 4.78 is 0. The summed E-state index contributed by atoms with van der Waals surface area (Å²) in [6, 6.07) is 0. The zero-order chi connectivity index (χ0) is 8.67. The van der Waals surface area contributed by atoms with E-state index in [2.05, 4.69) is 20.5 Å². The molecule has 2 fully saturated rings. The van der Waals surface area contributed by atoms with Crippen LogP contribution in [0.2, 0.25) is 0 Å². The van der Waals surface area contributed by atoms with E-state index in [1.807, 2.05) is 0 Å². The number of hydrogen-bond donors (Lipinski definition) is 2. The van der Waals surface area contributed by atoms with Gasteiger partial charge in [0.05, 0.1) is 0 Å². The Morgan fingerprint density at radius 3 is 2.77 bits per heavy atom. The summed E-state index contributed by atoms with van der Waals surface area (Å²) in [5.74, 6) is 3.57. The average molecular weight is 178 g/mol. The van der Waals surface area contributed by atoms with Crippen LogP contribution in [0.1, 0.15) is 30.4 Å². The van der Waals surface area contributed by atoms with Gasteiger partial charge in [-0.1, -0.05) is 0 Å². The summed E-state index contributed by atoms with van der Waals surface area (Å²) in [7, 11) is 0. The van der Waals surface area contributed by atoms with Gasteiger partial charge in [0.2, 0.25) is 0 Å². The molecule has 2 heterocycles. The summed E-state index contributed by atoms with van der Waals surface area (Å²) >= 11 is 0. The fourth-order valence-corrected chi connectivity index (χ4v) is 1.69. The minimum atomic E-state index is 0.671. The van der Waals surface area contributed by atoms with Gasteiger partial charge in [-0.15, -0.1) is 0 Å². The monoisotopic (exact) mass is 178 g/mol. The molecule has 0 atom stereocenters. The van der Waals surface area contributed by atoms with E-state index in [4.69, 9.17) is 0 Å². The maximum atomic E-state index is 4.50. The standard InChI is InChI=1S/C9H14N4/c1-2-7(1)9-11-8(12-13-9)3-6-4-10-5-6/h6-7,10H,1-5H2,(H,11,12,13). The molecule has 0 spiro atoms. The van der Waals surface area contributed by atoms with Crippen molar-refractivity contribution in [2.45, 2.75) is 25.2 Å². The number of nitrogens with one attached hydrogen (secondary N) is 2. The van der Waals surface area contributed by atoms with Crippen molar-refractivity contribution in [1.29, 1.82) is 0 Å². The zero-order valence-electron chi connectivity index (χ0n) is 7.58. The molecule has 1 saturated heterocycles. The first kappa shape index (κ1) is 7.50. The van der Waals surface area contributed by atoms with E-state index in [1.165, 1.54) is 12.8 Å². The lowest BCUT2D eigenvalue weighted by atomic mass is 9.99. The van der Waals surface area contributed by atoms with Gasteiger partial charge in [-0.2, -0.15) is 5.10 Å². The van der Waals surface area contributed by atoms with Crippen LogP contribution in [0.3, 0.4) is 0 Å². The summed E-state index contributed by atoms with van der Waals surface area (Å²) in [6.45, 7) is 2.28. The second-order valence-corrected chi connectivity index (χ2v) is 4.14. The molecule has 4 nitrogen and oxygen atoms in total.